The number of piperidine rings is 1. The standard InChI is InChI=1S/C20H26FNO3/c1-4-25-19(24)20(13-16-6-8-17(21)9-7-16)10-5-11-22(14-20)18(23)12-15(2)3/h6-9,12H,4-5,10-11,13-14H2,1-3H3. The molecule has 1 amide bonds. The number of likely N-dealkylation sites (tertiary alicyclic amines) is 1. The van der Waals surface area contributed by atoms with Crippen LogP contribution in [0.2, 0.25) is 0 Å². The summed E-state index contributed by atoms with van der Waals surface area (Å²) in [6.07, 6.45) is 3.42. The first-order valence-corrected chi connectivity index (χ1v) is 8.72. The summed E-state index contributed by atoms with van der Waals surface area (Å²) in [6, 6.07) is 6.16. The Morgan fingerprint density at radius 2 is 1.96 bits per heavy atom. The van der Waals surface area contributed by atoms with Crippen LogP contribution in [-0.4, -0.2) is 36.5 Å². The number of esters is 1. The monoisotopic (exact) mass is 347 g/mol. The number of halogens is 1. The molecule has 0 N–H and O–H groups in total. The second-order valence-electron chi connectivity index (χ2n) is 6.89. The van der Waals surface area contributed by atoms with Crippen LogP contribution in [0.1, 0.15) is 39.2 Å². The van der Waals surface area contributed by atoms with Gasteiger partial charge in [0.25, 0.3) is 0 Å². The third kappa shape index (κ3) is 4.91. The maximum Gasteiger partial charge on any atom is 0.314 e. The van der Waals surface area contributed by atoms with Crippen LogP contribution in [-0.2, 0) is 20.7 Å². The van der Waals surface area contributed by atoms with E-state index in [1.807, 2.05) is 13.8 Å². The molecule has 1 fully saturated rings. The maximum atomic E-state index is 13.2. The quantitative estimate of drug-likeness (QED) is 0.605. The number of rotatable bonds is 5. The van der Waals surface area contributed by atoms with Gasteiger partial charge < -0.3 is 9.64 Å². The number of amides is 1. The van der Waals surface area contributed by atoms with Crippen molar-refractivity contribution in [2.75, 3.05) is 19.7 Å². The smallest absolute Gasteiger partial charge is 0.314 e. The fraction of sp³-hybridized carbons (Fsp3) is 0.500. The van der Waals surface area contributed by atoms with Crippen molar-refractivity contribution < 1.29 is 18.7 Å². The van der Waals surface area contributed by atoms with Crippen molar-refractivity contribution in [2.45, 2.75) is 40.0 Å². The lowest BCUT2D eigenvalue weighted by Crippen LogP contribution is -2.51. The first-order valence-electron chi connectivity index (χ1n) is 8.72. The number of carbonyl (C=O) groups excluding carboxylic acids is 2. The Hall–Kier alpha value is -2.17. The molecular weight excluding hydrogens is 321 g/mol. The van der Waals surface area contributed by atoms with Gasteiger partial charge >= 0.3 is 5.97 Å². The number of allylic oxidation sites excluding steroid dienone is 1. The minimum absolute atomic E-state index is 0.0764. The zero-order valence-corrected chi connectivity index (χ0v) is 15.2. The van der Waals surface area contributed by atoms with Gasteiger partial charge in [-0.2, -0.15) is 0 Å². The molecule has 136 valence electrons. The molecule has 1 saturated heterocycles. The lowest BCUT2D eigenvalue weighted by molar-refractivity contribution is -0.160. The summed E-state index contributed by atoms with van der Waals surface area (Å²) < 4.78 is 18.5. The van der Waals surface area contributed by atoms with Gasteiger partial charge in [-0.15, -0.1) is 0 Å². The molecule has 1 atom stereocenters. The highest BCUT2D eigenvalue weighted by atomic mass is 19.1. The highest BCUT2D eigenvalue weighted by Gasteiger charge is 2.44. The van der Waals surface area contributed by atoms with Gasteiger partial charge in [0.05, 0.1) is 12.0 Å². The SMILES string of the molecule is CCOC(=O)C1(Cc2ccc(F)cc2)CCCN(C(=O)C=C(C)C)C1. The second kappa shape index (κ2) is 8.28. The van der Waals surface area contributed by atoms with Crippen molar-refractivity contribution in [1.82, 2.24) is 4.90 Å². The predicted octanol–water partition coefficient (Wildman–Crippen LogP) is 3.51. The number of ether oxygens (including phenoxy) is 1. The zero-order chi connectivity index (χ0) is 18.4. The van der Waals surface area contributed by atoms with Crippen LogP contribution in [0.5, 0.6) is 0 Å². The Kier molecular flexibility index (Phi) is 6.34. The zero-order valence-electron chi connectivity index (χ0n) is 15.2. The molecule has 5 heteroatoms. The Bertz CT molecular complexity index is 649. The second-order valence-corrected chi connectivity index (χ2v) is 6.89. The Labute approximate surface area is 148 Å². The molecule has 1 aliphatic heterocycles. The fourth-order valence-electron chi connectivity index (χ4n) is 3.32. The molecule has 1 aliphatic rings. The van der Waals surface area contributed by atoms with E-state index in [1.165, 1.54) is 12.1 Å². The van der Waals surface area contributed by atoms with Gasteiger partial charge in [-0.05, 0) is 57.7 Å². The molecule has 1 heterocycles. The minimum atomic E-state index is -0.781. The van der Waals surface area contributed by atoms with E-state index in [0.29, 0.717) is 32.5 Å². The number of hydrogen-bond acceptors (Lipinski definition) is 3. The highest BCUT2D eigenvalue weighted by molar-refractivity contribution is 5.89. The van der Waals surface area contributed by atoms with Gasteiger partial charge in [0.2, 0.25) is 5.91 Å². The van der Waals surface area contributed by atoms with E-state index in [1.54, 1.807) is 30.0 Å². The third-order valence-electron chi connectivity index (χ3n) is 4.46. The van der Waals surface area contributed by atoms with Crippen LogP contribution in [0.15, 0.2) is 35.9 Å². The Morgan fingerprint density at radius 3 is 2.56 bits per heavy atom. The molecule has 0 radical (unpaired) electrons. The van der Waals surface area contributed by atoms with Gasteiger partial charge in [-0.1, -0.05) is 17.7 Å². The highest BCUT2D eigenvalue weighted by Crippen LogP contribution is 2.35. The van der Waals surface area contributed by atoms with Gasteiger partial charge in [-0.3, -0.25) is 9.59 Å². The van der Waals surface area contributed by atoms with Gasteiger partial charge in [0.1, 0.15) is 5.82 Å². The normalized spacial score (nSPS) is 20.1. The summed E-state index contributed by atoms with van der Waals surface area (Å²) in [5.41, 5.74) is 1.01. The number of carbonyl (C=O) groups is 2. The number of hydrogen-bond donors (Lipinski definition) is 0. The van der Waals surface area contributed by atoms with Crippen molar-refractivity contribution >= 4 is 11.9 Å². The summed E-state index contributed by atoms with van der Waals surface area (Å²) in [4.78, 5) is 26.9. The molecule has 0 spiro atoms. The lowest BCUT2D eigenvalue weighted by Gasteiger charge is -2.40. The summed E-state index contributed by atoms with van der Waals surface area (Å²) in [5.74, 6) is -0.667. The van der Waals surface area contributed by atoms with Gasteiger partial charge in [0.15, 0.2) is 0 Å². The van der Waals surface area contributed by atoms with E-state index in [4.69, 9.17) is 4.74 Å². The molecule has 0 bridgehead atoms. The molecule has 25 heavy (non-hydrogen) atoms. The van der Waals surface area contributed by atoms with Crippen LogP contribution in [0.3, 0.4) is 0 Å². The molecule has 1 aromatic carbocycles. The molecule has 1 unspecified atom stereocenters. The molecule has 2 rings (SSSR count). The van der Waals surface area contributed by atoms with E-state index in [9.17, 15) is 14.0 Å². The summed E-state index contributed by atoms with van der Waals surface area (Å²) >= 11 is 0. The van der Waals surface area contributed by atoms with Crippen LogP contribution < -0.4 is 0 Å². The molecule has 0 aliphatic carbocycles. The first kappa shape index (κ1) is 19.2. The number of nitrogens with zero attached hydrogens (tertiary/aromatic N) is 1. The Morgan fingerprint density at radius 1 is 1.28 bits per heavy atom. The molecular formula is C20H26FNO3. The lowest BCUT2D eigenvalue weighted by atomic mass is 9.75. The molecule has 0 saturated carbocycles. The first-order chi connectivity index (χ1) is 11.9. The summed E-state index contributed by atoms with van der Waals surface area (Å²) in [5, 5.41) is 0. The van der Waals surface area contributed by atoms with E-state index in [0.717, 1.165) is 17.6 Å². The van der Waals surface area contributed by atoms with Crippen molar-refractivity contribution in [3.63, 3.8) is 0 Å². The Balaban J connectivity index is 2.28. The number of benzene rings is 1. The van der Waals surface area contributed by atoms with Crippen molar-refractivity contribution in [3.05, 3.63) is 47.3 Å². The predicted molar refractivity (Wildman–Crippen MR) is 94.4 cm³/mol. The third-order valence-corrected chi connectivity index (χ3v) is 4.46. The summed E-state index contributed by atoms with van der Waals surface area (Å²) in [6.45, 7) is 6.78. The van der Waals surface area contributed by atoms with E-state index < -0.39 is 5.41 Å². The van der Waals surface area contributed by atoms with Gasteiger partial charge in [-0.25, -0.2) is 4.39 Å². The van der Waals surface area contributed by atoms with E-state index in [2.05, 4.69) is 0 Å². The average Bonchev–Trinajstić information content (AvgIpc) is 2.57. The van der Waals surface area contributed by atoms with Crippen molar-refractivity contribution in [1.29, 1.82) is 0 Å². The van der Waals surface area contributed by atoms with Crippen LogP contribution >= 0.6 is 0 Å². The molecule has 0 aromatic heterocycles. The average molecular weight is 347 g/mol. The topological polar surface area (TPSA) is 46.6 Å². The maximum absolute atomic E-state index is 13.2. The van der Waals surface area contributed by atoms with Crippen LogP contribution in [0, 0.1) is 11.2 Å². The van der Waals surface area contributed by atoms with Crippen LogP contribution in [0.25, 0.3) is 0 Å². The van der Waals surface area contributed by atoms with Crippen LogP contribution in [0.4, 0.5) is 4.39 Å². The molecule has 1 aromatic rings. The van der Waals surface area contributed by atoms with E-state index >= 15 is 0 Å². The van der Waals surface area contributed by atoms with Gasteiger partial charge in [0, 0.05) is 19.2 Å². The summed E-state index contributed by atoms with van der Waals surface area (Å²) in [7, 11) is 0. The molecule has 4 nitrogen and oxygen atoms in total. The minimum Gasteiger partial charge on any atom is -0.466 e. The largest absolute Gasteiger partial charge is 0.466 e. The fourth-order valence-corrected chi connectivity index (χ4v) is 3.32. The van der Waals surface area contributed by atoms with Crippen molar-refractivity contribution in [2.24, 2.45) is 5.41 Å². The van der Waals surface area contributed by atoms with E-state index in [-0.39, 0.29) is 17.7 Å². The van der Waals surface area contributed by atoms with Crippen molar-refractivity contribution in [3.8, 4) is 0 Å².